The van der Waals surface area contributed by atoms with Crippen molar-refractivity contribution in [3.8, 4) is 0 Å². The van der Waals surface area contributed by atoms with Gasteiger partial charge in [0.05, 0.1) is 11.5 Å². The number of alkyl halides is 6. The van der Waals surface area contributed by atoms with E-state index < -0.39 is 59.3 Å². The maximum atomic E-state index is 13.5. The minimum atomic E-state index is -5.14. The van der Waals surface area contributed by atoms with Crippen molar-refractivity contribution in [3.05, 3.63) is 41.2 Å². The Morgan fingerprint density at radius 2 is 1.62 bits per heavy atom. The molecule has 3 aliphatic rings. The van der Waals surface area contributed by atoms with Crippen molar-refractivity contribution in [1.29, 1.82) is 0 Å². The Hall–Kier alpha value is -2.59. The molecule has 0 unspecified atom stereocenters. The number of anilines is 1. The summed E-state index contributed by atoms with van der Waals surface area (Å²) in [6.07, 6.45) is -5.25. The zero-order valence-electron chi connectivity index (χ0n) is 16.5. The fourth-order valence-corrected chi connectivity index (χ4v) is 4.84. The Bertz CT molecular complexity index is 966. The van der Waals surface area contributed by atoms with Gasteiger partial charge in [0, 0.05) is 17.6 Å². The van der Waals surface area contributed by atoms with Crippen molar-refractivity contribution in [2.75, 3.05) is 5.32 Å². The van der Waals surface area contributed by atoms with Crippen molar-refractivity contribution in [3.63, 3.8) is 0 Å². The first-order valence-electron chi connectivity index (χ1n) is 10.1. The lowest BCUT2D eigenvalue weighted by molar-refractivity contribution is -0.175. The van der Waals surface area contributed by atoms with Crippen LogP contribution in [-0.4, -0.2) is 24.0 Å². The number of allylic oxidation sites excluding steroid dienone is 1. The fraction of sp³-hybridized carbons (Fsp3) is 0.524. The number of fused-ring (bicyclic) bond motifs is 2. The summed E-state index contributed by atoms with van der Waals surface area (Å²) >= 11 is 0. The third-order valence-electron chi connectivity index (χ3n) is 6.35. The zero-order valence-corrected chi connectivity index (χ0v) is 16.5. The molecule has 0 heterocycles. The molecule has 0 aromatic heterocycles. The molecule has 3 saturated carbocycles. The van der Waals surface area contributed by atoms with Crippen LogP contribution < -0.4 is 10.6 Å². The number of carbonyl (C=O) groups is 2. The first-order chi connectivity index (χ1) is 14.9. The summed E-state index contributed by atoms with van der Waals surface area (Å²) in [5.74, 6) is -6.14. The summed E-state index contributed by atoms with van der Waals surface area (Å²) < 4.78 is 91.0. The molecule has 2 amide bonds. The summed E-state index contributed by atoms with van der Waals surface area (Å²) in [5.41, 5.74) is -1.07. The number of hydrogen-bond donors (Lipinski definition) is 2. The van der Waals surface area contributed by atoms with E-state index in [1.165, 1.54) is 0 Å². The molecule has 32 heavy (non-hydrogen) atoms. The van der Waals surface area contributed by atoms with Crippen LogP contribution in [0.1, 0.15) is 31.2 Å². The van der Waals surface area contributed by atoms with E-state index in [9.17, 15) is 40.3 Å². The summed E-state index contributed by atoms with van der Waals surface area (Å²) in [7, 11) is 0. The standard InChI is InChI=1S/C21H19F7N2O2/c22-15-6-3-10(8-14(15)20(23,24)25)29-18(31)16-11-4-5-12(13(11)7-9-1-2-9)17(16)30-19(32)21(26,27)28/h3,6-9,11-12,16-17H,1-2,4-5H2,(H,29,31)(H,30,32)/b13-7-/t11-,12+,16-,17+/m0/s1. The van der Waals surface area contributed by atoms with Crippen LogP contribution in [0.5, 0.6) is 0 Å². The van der Waals surface area contributed by atoms with Crippen LogP contribution in [-0.2, 0) is 15.8 Å². The van der Waals surface area contributed by atoms with E-state index in [-0.39, 0.29) is 5.69 Å². The Balaban J connectivity index is 1.61. The van der Waals surface area contributed by atoms with Crippen molar-refractivity contribution in [2.24, 2.45) is 23.7 Å². The van der Waals surface area contributed by atoms with Gasteiger partial charge in [-0.05, 0) is 55.7 Å². The SMILES string of the molecule is O=C(Nc1ccc(F)c(C(F)(F)F)c1)[C@@H]1[C@H](NC(=O)C(F)(F)F)[C@@H]2CC[C@H]1/C2=C/C1CC1. The third-order valence-corrected chi connectivity index (χ3v) is 6.35. The van der Waals surface area contributed by atoms with Crippen LogP contribution in [0.2, 0.25) is 0 Å². The molecule has 2 N–H and O–H groups in total. The second-order valence-corrected chi connectivity index (χ2v) is 8.50. The molecule has 2 bridgehead atoms. The van der Waals surface area contributed by atoms with E-state index in [4.69, 9.17) is 0 Å². The smallest absolute Gasteiger partial charge is 0.344 e. The third kappa shape index (κ3) is 4.33. The molecule has 0 spiro atoms. The average molecular weight is 464 g/mol. The maximum Gasteiger partial charge on any atom is 0.471 e. The molecule has 4 rings (SSSR count). The van der Waals surface area contributed by atoms with Gasteiger partial charge in [0.1, 0.15) is 5.82 Å². The van der Waals surface area contributed by atoms with Gasteiger partial charge in [-0.15, -0.1) is 0 Å². The van der Waals surface area contributed by atoms with Crippen molar-refractivity contribution >= 4 is 17.5 Å². The summed E-state index contributed by atoms with van der Waals surface area (Å²) in [6.45, 7) is 0. The minimum Gasteiger partial charge on any atom is -0.344 e. The van der Waals surface area contributed by atoms with Gasteiger partial charge in [-0.2, -0.15) is 26.3 Å². The Morgan fingerprint density at radius 3 is 2.22 bits per heavy atom. The van der Waals surface area contributed by atoms with Gasteiger partial charge in [-0.1, -0.05) is 11.6 Å². The number of rotatable bonds is 4. The second-order valence-electron chi connectivity index (χ2n) is 8.50. The number of benzene rings is 1. The van der Waals surface area contributed by atoms with Gasteiger partial charge in [0.2, 0.25) is 5.91 Å². The van der Waals surface area contributed by atoms with Crippen LogP contribution in [0.3, 0.4) is 0 Å². The molecule has 174 valence electrons. The van der Waals surface area contributed by atoms with Crippen molar-refractivity contribution in [1.82, 2.24) is 5.32 Å². The lowest BCUT2D eigenvalue weighted by atomic mass is 9.83. The van der Waals surface area contributed by atoms with Gasteiger partial charge in [0.15, 0.2) is 0 Å². The van der Waals surface area contributed by atoms with E-state index in [0.717, 1.165) is 24.5 Å². The van der Waals surface area contributed by atoms with Crippen molar-refractivity contribution < 1.29 is 40.3 Å². The molecule has 0 radical (unpaired) electrons. The average Bonchev–Trinajstić information content (AvgIpc) is 3.35. The van der Waals surface area contributed by atoms with Crippen LogP contribution in [0.15, 0.2) is 29.8 Å². The van der Waals surface area contributed by atoms with E-state index >= 15 is 0 Å². The maximum absolute atomic E-state index is 13.5. The first-order valence-corrected chi connectivity index (χ1v) is 10.1. The highest BCUT2D eigenvalue weighted by Crippen LogP contribution is 2.54. The lowest BCUT2D eigenvalue weighted by Gasteiger charge is -2.30. The van der Waals surface area contributed by atoms with Gasteiger partial charge >= 0.3 is 18.3 Å². The van der Waals surface area contributed by atoms with E-state index in [0.29, 0.717) is 30.9 Å². The fourth-order valence-electron chi connectivity index (χ4n) is 4.84. The number of hydrogen-bond acceptors (Lipinski definition) is 2. The van der Waals surface area contributed by atoms with Gasteiger partial charge < -0.3 is 10.6 Å². The zero-order chi connectivity index (χ0) is 23.4. The van der Waals surface area contributed by atoms with Gasteiger partial charge in [-0.25, -0.2) is 4.39 Å². The van der Waals surface area contributed by atoms with E-state index in [2.05, 4.69) is 5.32 Å². The molecule has 4 nitrogen and oxygen atoms in total. The molecular weight excluding hydrogens is 445 g/mol. The van der Waals surface area contributed by atoms with E-state index in [1.807, 2.05) is 11.4 Å². The highest BCUT2D eigenvalue weighted by atomic mass is 19.4. The Labute approximate surface area is 178 Å². The molecule has 1 aromatic carbocycles. The van der Waals surface area contributed by atoms with Crippen molar-refractivity contribution in [2.45, 2.75) is 44.1 Å². The van der Waals surface area contributed by atoms with Gasteiger partial charge in [0.25, 0.3) is 0 Å². The quantitative estimate of drug-likeness (QED) is 0.496. The minimum absolute atomic E-state index is 0.292. The summed E-state index contributed by atoms with van der Waals surface area (Å²) in [6, 6.07) is 0.806. The van der Waals surface area contributed by atoms with Crippen LogP contribution >= 0.6 is 0 Å². The number of halogens is 7. The molecule has 0 saturated heterocycles. The van der Waals surface area contributed by atoms with Crippen LogP contribution in [0.25, 0.3) is 0 Å². The number of amides is 2. The first kappa shape index (κ1) is 22.6. The molecule has 3 aliphatic carbocycles. The van der Waals surface area contributed by atoms with Gasteiger partial charge in [-0.3, -0.25) is 9.59 Å². The number of carbonyl (C=O) groups excluding carboxylic acids is 2. The molecule has 4 atom stereocenters. The van der Waals surface area contributed by atoms with Crippen LogP contribution in [0, 0.1) is 29.5 Å². The topological polar surface area (TPSA) is 58.2 Å². The number of nitrogens with one attached hydrogen (secondary N) is 2. The molecule has 11 heteroatoms. The Morgan fingerprint density at radius 1 is 0.969 bits per heavy atom. The molecule has 3 fully saturated rings. The predicted octanol–water partition coefficient (Wildman–Crippen LogP) is 4.82. The Kier molecular flexibility index (Phi) is 5.49. The summed E-state index contributed by atoms with van der Waals surface area (Å²) in [4.78, 5) is 24.6. The summed E-state index contributed by atoms with van der Waals surface area (Å²) in [5, 5.41) is 4.20. The van der Waals surface area contributed by atoms with E-state index in [1.54, 1.807) is 0 Å². The molecular formula is C21H19F7N2O2. The monoisotopic (exact) mass is 464 g/mol. The highest BCUT2D eigenvalue weighted by Gasteiger charge is 2.56. The molecule has 1 aromatic rings. The highest BCUT2D eigenvalue weighted by molar-refractivity contribution is 5.95. The largest absolute Gasteiger partial charge is 0.471 e. The molecule has 0 aliphatic heterocycles. The lowest BCUT2D eigenvalue weighted by Crippen LogP contribution is -2.51. The predicted molar refractivity (Wildman–Crippen MR) is 98.5 cm³/mol. The van der Waals surface area contributed by atoms with Crippen LogP contribution in [0.4, 0.5) is 36.4 Å². The second kappa shape index (κ2) is 7.77. The normalized spacial score (nSPS) is 28.8.